The van der Waals surface area contributed by atoms with Gasteiger partial charge in [0.15, 0.2) is 0 Å². The predicted octanol–water partition coefficient (Wildman–Crippen LogP) is 1.61. The molecule has 0 unspecified atom stereocenters. The topological polar surface area (TPSA) is 8.81 Å². The van der Waals surface area contributed by atoms with E-state index in [1.165, 1.54) is 11.3 Å². The van der Waals surface area contributed by atoms with E-state index in [0.29, 0.717) is 0 Å². The summed E-state index contributed by atoms with van der Waals surface area (Å²) in [6.45, 7) is 2.12. The van der Waals surface area contributed by atoms with E-state index >= 15 is 0 Å². The van der Waals surface area contributed by atoms with Crippen molar-refractivity contribution in [3.05, 3.63) is 48.5 Å². The summed E-state index contributed by atoms with van der Waals surface area (Å²) in [6.07, 6.45) is 6.15. The van der Waals surface area contributed by atoms with Gasteiger partial charge in [0, 0.05) is 0 Å². The summed E-state index contributed by atoms with van der Waals surface area (Å²) in [4.78, 5) is 0. The zero-order valence-corrected chi connectivity index (χ0v) is 7.94. The summed E-state index contributed by atoms with van der Waals surface area (Å²) in [6, 6.07) is 8.36. The number of benzene rings is 1. The van der Waals surface area contributed by atoms with Gasteiger partial charge >= 0.3 is 0 Å². The number of aromatic nitrogens is 2. The van der Waals surface area contributed by atoms with Crippen LogP contribution in [-0.4, -0.2) is 4.57 Å². The average Bonchev–Trinajstić information content (AvgIpc) is 2.53. The van der Waals surface area contributed by atoms with Crippen molar-refractivity contribution >= 4 is 0 Å². The molecule has 2 aromatic rings. The highest BCUT2D eigenvalue weighted by Gasteiger charge is 2.05. The van der Waals surface area contributed by atoms with Crippen LogP contribution in [0.1, 0.15) is 5.56 Å². The molecule has 0 radical (unpaired) electrons. The molecule has 0 amide bonds. The van der Waals surface area contributed by atoms with E-state index in [0.717, 1.165) is 0 Å². The van der Waals surface area contributed by atoms with E-state index < -0.39 is 0 Å². The molecular formula is C11H13N2+. The second-order valence-corrected chi connectivity index (χ2v) is 3.27. The zero-order valence-electron chi connectivity index (χ0n) is 7.94. The quantitative estimate of drug-likeness (QED) is 0.579. The molecule has 2 nitrogen and oxygen atoms in total. The Bertz CT molecular complexity index is 416. The van der Waals surface area contributed by atoms with Gasteiger partial charge in [0.2, 0.25) is 6.33 Å². The number of rotatable bonds is 1. The van der Waals surface area contributed by atoms with Crippen LogP contribution in [0.5, 0.6) is 0 Å². The fourth-order valence-corrected chi connectivity index (χ4v) is 1.45. The van der Waals surface area contributed by atoms with E-state index in [1.54, 1.807) is 0 Å². The Morgan fingerprint density at radius 1 is 1.23 bits per heavy atom. The molecule has 2 heteroatoms. The van der Waals surface area contributed by atoms with E-state index in [-0.39, 0.29) is 0 Å². The maximum absolute atomic E-state index is 2.12. The van der Waals surface area contributed by atoms with Crippen molar-refractivity contribution in [3.63, 3.8) is 0 Å². The third-order valence-electron chi connectivity index (χ3n) is 2.16. The van der Waals surface area contributed by atoms with Crippen molar-refractivity contribution in [1.82, 2.24) is 4.57 Å². The van der Waals surface area contributed by atoms with Crippen molar-refractivity contribution < 1.29 is 4.57 Å². The standard InChI is InChI=1S/C11H13N2/c1-10-5-3-4-6-11(10)13-8-7-12(2)9-13/h3-9H,1-2H3/q+1. The van der Waals surface area contributed by atoms with Crippen LogP contribution in [0.2, 0.25) is 0 Å². The Kier molecular flexibility index (Phi) is 1.89. The van der Waals surface area contributed by atoms with Gasteiger partial charge in [-0.1, -0.05) is 18.2 Å². The molecule has 0 spiro atoms. The molecule has 0 aliphatic carbocycles. The number of aryl methyl sites for hydroxylation is 2. The van der Waals surface area contributed by atoms with Crippen molar-refractivity contribution in [2.45, 2.75) is 6.92 Å². The SMILES string of the molecule is Cc1ccccc1-n1cc[n+](C)c1. The Morgan fingerprint density at radius 2 is 2.00 bits per heavy atom. The van der Waals surface area contributed by atoms with Crippen LogP contribution in [0.4, 0.5) is 0 Å². The van der Waals surface area contributed by atoms with Crippen LogP contribution in [0.25, 0.3) is 5.69 Å². The van der Waals surface area contributed by atoms with Crippen LogP contribution in [0, 0.1) is 6.92 Å². The number of hydrogen-bond acceptors (Lipinski definition) is 0. The van der Waals surface area contributed by atoms with E-state index in [4.69, 9.17) is 0 Å². The lowest BCUT2D eigenvalue weighted by Crippen LogP contribution is -2.23. The minimum Gasteiger partial charge on any atom is -0.239 e. The normalized spacial score (nSPS) is 10.3. The molecule has 0 aliphatic rings. The Morgan fingerprint density at radius 3 is 2.62 bits per heavy atom. The fourth-order valence-electron chi connectivity index (χ4n) is 1.45. The highest BCUT2D eigenvalue weighted by molar-refractivity contribution is 5.39. The Labute approximate surface area is 78.1 Å². The number of nitrogens with zero attached hydrogens (tertiary/aromatic N) is 2. The highest BCUT2D eigenvalue weighted by atomic mass is 15.1. The van der Waals surface area contributed by atoms with Gasteiger partial charge in [-0.2, -0.15) is 0 Å². The van der Waals surface area contributed by atoms with Gasteiger partial charge in [0.1, 0.15) is 18.1 Å². The lowest BCUT2D eigenvalue weighted by Gasteiger charge is -1.98. The molecule has 1 aromatic heterocycles. The molecule has 0 saturated carbocycles. The predicted molar refractivity (Wildman–Crippen MR) is 51.7 cm³/mol. The summed E-state index contributed by atoms with van der Waals surface area (Å²) in [5.74, 6) is 0. The highest BCUT2D eigenvalue weighted by Crippen LogP contribution is 2.11. The Balaban J connectivity index is 2.52. The lowest BCUT2D eigenvalue weighted by molar-refractivity contribution is -0.670. The molecule has 1 heterocycles. The summed E-state index contributed by atoms with van der Waals surface area (Å²) >= 11 is 0. The van der Waals surface area contributed by atoms with Gasteiger partial charge in [0.25, 0.3) is 0 Å². The number of imidazole rings is 1. The minimum absolute atomic E-state index is 1.24. The fraction of sp³-hybridized carbons (Fsp3) is 0.182. The summed E-state index contributed by atoms with van der Waals surface area (Å²) in [7, 11) is 2.02. The van der Waals surface area contributed by atoms with E-state index in [1.807, 2.05) is 17.8 Å². The van der Waals surface area contributed by atoms with Gasteiger partial charge in [-0.05, 0) is 18.6 Å². The smallest absolute Gasteiger partial charge is 0.239 e. The van der Waals surface area contributed by atoms with E-state index in [2.05, 4.69) is 48.3 Å². The maximum atomic E-state index is 2.12. The molecule has 1 aromatic carbocycles. The van der Waals surface area contributed by atoms with Gasteiger partial charge in [-0.15, -0.1) is 0 Å². The van der Waals surface area contributed by atoms with E-state index in [9.17, 15) is 0 Å². The van der Waals surface area contributed by atoms with Crippen LogP contribution >= 0.6 is 0 Å². The number of hydrogen-bond donors (Lipinski definition) is 0. The molecule has 0 N–H and O–H groups in total. The van der Waals surface area contributed by atoms with Gasteiger partial charge in [-0.3, -0.25) is 0 Å². The molecule has 0 fully saturated rings. The first-order valence-electron chi connectivity index (χ1n) is 4.36. The van der Waals surface area contributed by atoms with Gasteiger partial charge in [0.05, 0.1) is 7.05 Å². The van der Waals surface area contributed by atoms with Crippen LogP contribution in [0.3, 0.4) is 0 Å². The first-order chi connectivity index (χ1) is 6.27. The summed E-state index contributed by atoms with van der Waals surface area (Å²) in [5, 5.41) is 0. The Hall–Kier alpha value is -1.57. The van der Waals surface area contributed by atoms with Crippen molar-refractivity contribution in [3.8, 4) is 5.69 Å². The summed E-state index contributed by atoms with van der Waals surface area (Å²) < 4.78 is 4.15. The first-order valence-corrected chi connectivity index (χ1v) is 4.36. The molecule has 2 rings (SSSR count). The van der Waals surface area contributed by atoms with Crippen LogP contribution < -0.4 is 4.57 Å². The maximum Gasteiger partial charge on any atom is 0.248 e. The molecule has 0 aliphatic heterocycles. The summed E-state index contributed by atoms with van der Waals surface area (Å²) in [5.41, 5.74) is 2.53. The van der Waals surface area contributed by atoms with Crippen LogP contribution in [0.15, 0.2) is 43.0 Å². The molecule has 0 atom stereocenters. The monoisotopic (exact) mass is 173 g/mol. The molecule has 0 saturated heterocycles. The molecule has 66 valence electrons. The van der Waals surface area contributed by atoms with Crippen molar-refractivity contribution in [2.24, 2.45) is 7.05 Å². The third-order valence-corrected chi connectivity index (χ3v) is 2.16. The minimum atomic E-state index is 1.24. The first kappa shape index (κ1) is 8.05. The number of para-hydroxylation sites is 1. The van der Waals surface area contributed by atoms with Crippen molar-refractivity contribution in [1.29, 1.82) is 0 Å². The van der Waals surface area contributed by atoms with Gasteiger partial charge < -0.3 is 0 Å². The van der Waals surface area contributed by atoms with Crippen LogP contribution in [-0.2, 0) is 7.05 Å². The lowest BCUT2D eigenvalue weighted by atomic mass is 10.2. The van der Waals surface area contributed by atoms with Gasteiger partial charge in [-0.25, -0.2) is 9.13 Å². The molecular weight excluding hydrogens is 160 g/mol. The third kappa shape index (κ3) is 1.47. The second-order valence-electron chi connectivity index (χ2n) is 3.27. The average molecular weight is 173 g/mol. The largest absolute Gasteiger partial charge is 0.248 e. The molecule has 13 heavy (non-hydrogen) atoms. The molecule has 0 bridgehead atoms. The van der Waals surface area contributed by atoms with Crippen molar-refractivity contribution in [2.75, 3.05) is 0 Å². The second kappa shape index (κ2) is 3.05. The zero-order chi connectivity index (χ0) is 9.26.